The molecule has 1 heterocycles. The van der Waals surface area contributed by atoms with Crippen LogP contribution in [-0.4, -0.2) is 49.2 Å². The van der Waals surface area contributed by atoms with E-state index in [4.69, 9.17) is 9.47 Å². The van der Waals surface area contributed by atoms with Gasteiger partial charge in [0.25, 0.3) is 0 Å². The van der Waals surface area contributed by atoms with Gasteiger partial charge in [-0.2, -0.15) is 0 Å². The van der Waals surface area contributed by atoms with Crippen molar-refractivity contribution in [3.63, 3.8) is 0 Å². The standard InChI is InChI=1S/C14H22N2O4/c1-8(2)11-12(19-5)16-14(10(4)18,7-9(3)17)13(15-11)20-6/h8,11H,7H2,1-6H3/t11-,14+/m1/s1. The van der Waals surface area contributed by atoms with Gasteiger partial charge in [-0.3, -0.25) is 9.59 Å². The molecule has 0 aromatic rings. The van der Waals surface area contributed by atoms with Crippen LogP contribution in [0.2, 0.25) is 0 Å². The monoisotopic (exact) mass is 282 g/mol. The molecule has 0 aromatic carbocycles. The van der Waals surface area contributed by atoms with Crippen molar-refractivity contribution in [1.82, 2.24) is 0 Å². The highest BCUT2D eigenvalue weighted by molar-refractivity contribution is 6.15. The van der Waals surface area contributed by atoms with Gasteiger partial charge in [0.15, 0.2) is 5.78 Å². The predicted octanol–water partition coefficient (Wildman–Crippen LogP) is 1.42. The van der Waals surface area contributed by atoms with Crippen LogP contribution in [0.1, 0.15) is 34.1 Å². The fourth-order valence-electron chi connectivity index (χ4n) is 2.24. The molecule has 20 heavy (non-hydrogen) atoms. The van der Waals surface area contributed by atoms with Crippen molar-refractivity contribution in [3.8, 4) is 0 Å². The van der Waals surface area contributed by atoms with Crippen LogP contribution in [0.15, 0.2) is 9.98 Å². The van der Waals surface area contributed by atoms with Crippen molar-refractivity contribution >= 4 is 23.4 Å². The molecule has 1 rings (SSSR count). The zero-order valence-corrected chi connectivity index (χ0v) is 12.9. The number of ketones is 2. The Hall–Kier alpha value is -1.72. The van der Waals surface area contributed by atoms with Crippen molar-refractivity contribution in [3.05, 3.63) is 0 Å². The van der Waals surface area contributed by atoms with Crippen molar-refractivity contribution in [2.24, 2.45) is 15.9 Å². The van der Waals surface area contributed by atoms with Crippen LogP contribution in [0.5, 0.6) is 0 Å². The number of hydrogen-bond donors (Lipinski definition) is 0. The Morgan fingerprint density at radius 3 is 2.20 bits per heavy atom. The minimum Gasteiger partial charge on any atom is -0.483 e. The van der Waals surface area contributed by atoms with Gasteiger partial charge in [-0.1, -0.05) is 13.8 Å². The maximum atomic E-state index is 12.1. The second kappa shape index (κ2) is 6.15. The fourth-order valence-corrected chi connectivity index (χ4v) is 2.24. The minimum atomic E-state index is -1.39. The van der Waals surface area contributed by atoms with Gasteiger partial charge in [-0.05, 0) is 19.8 Å². The Morgan fingerprint density at radius 1 is 1.25 bits per heavy atom. The molecule has 0 aromatic heterocycles. The van der Waals surface area contributed by atoms with Crippen molar-refractivity contribution in [1.29, 1.82) is 0 Å². The lowest BCUT2D eigenvalue weighted by atomic mass is 9.87. The third-order valence-electron chi connectivity index (χ3n) is 3.29. The third kappa shape index (κ3) is 2.89. The van der Waals surface area contributed by atoms with Gasteiger partial charge in [0.2, 0.25) is 17.3 Å². The number of rotatable bonds is 4. The molecule has 112 valence electrons. The predicted molar refractivity (Wildman–Crippen MR) is 76.2 cm³/mol. The molecule has 0 amide bonds. The second-order valence-corrected chi connectivity index (χ2v) is 5.28. The van der Waals surface area contributed by atoms with Crippen LogP contribution in [0.25, 0.3) is 0 Å². The lowest BCUT2D eigenvalue weighted by Crippen LogP contribution is -2.52. The number of ether oxygens (including phenoxy) is 2. The van der Waals surface area contributed by atoms with Gasteiger partial charge in [-0.25, -0.2) is 9.98 Å². The molecule has 1 aliphatic heterocycles. The van der Waals surface area contributed by atoms with Crippen LogP contribution in [0.4, 0.5) is 0 Å². The van der Waals surface area contributed by atoms with E-state index in [-0.39, 0.29) is 35.8 Å². The van der Waals surface area contributed by atoms with E-state index in [1.54, 1.807) is 0 Å². The normalized spacial score (nSPS) is 25.9. The molecule has 0 bridgehead atoms. The van der Waals surface area contributed by atoms with Gasteiger partial charge in [0.1, 0.15) is 11.8 Å². The highest BCUT2D eigenvalue weighted by Gasteiger charge is 2.48. The van der Waals surface area contributed by atoms with E-state index in [2.05, 4.69) is 9.98 Å². The Labute approximate surface area is 119 Å². The second-order valence-electron chi connectivity index (χ2n) is 5.28. The van der Waals surface area contributed by atoms with Gasteiger partial charge < -0.3 is 9.47 Å². The first kappa shape index (κ1) is 16.3. The van der Waals surface area contributed by atoms with E-state index in [0.29, 0.717) is 5.90 Å². The summed E-state index contributed by atoms with van der Waals surface area (Å²) in [6, 6.07) is -0.311. The molecule has 6 heteroatoms. The number of hydrogen-bond acceptors (Lipinski definition) is 6. The van der Waals surface area contributed by atoms with E-state index in [0.717, 1.165) is 0 Å². The topological polar surface area (TPSA) is 77.3 Å². The summed E-state index contributed by atoms with van der Waals surface area (Å²) in [5.41, 5.74) is -1.39. The molecule has 2 atom stereocenters. The summed E-state index contributed by atoms with van der Waals surface area (Å²) >= 11 is 0. The minimum absolute atomic E-state index is 0.0767. The first-order valence-electron chi connectivity index (χ1n) is 6.55. The lowest BCUT2D eigenvalue weighted by molar-refractivity contribution is -0.125. The van der Waals surface area contributed by atoms with E-state index in [1.807, 2.05) is 13.8 Å². The number of carbonyl (C=O) groups excluding carboxylic acids is 2. The average molecular weight is 282 g/mol. The van der Waals surface area contributed by atoms with Crippen molar-refractivity contribution < 1.29 is 19.1 Å². The number of methoxy groups -OCH3 is 2. The Kier molecular flexibility index (Phi) is 5.03. The summed E-state index contributed by atoms with van der Waals surface area (Å²) in [5.74, 6) is 0.232. The summed E-state index contributed by atoms with van der Waals surface area (Å²) in [6.07, 6.45) is -0.0767. The highest BCUT2D eigenvalue weighted by atomic mass is 16.5. The number of nitrogens with zero attached hydrogens (tertiary/aromatic N) is 2. The summed E-state index contributed by atoms with van der Waals surface area (Å²) in [5, 5.41) is 0. The van der Waals surface area contributed by atoms with Gasteiger partial charge >= 0.3 is 0 Å². The summed E-state index contributed by atoms with van der Waals surface area (Å²) in [4.78, 5) is 32.4. The Balaban J connectivity index is 3.41. The number of aliphatic imine (C=N–C) groups is 2. The van der Waals surface area contributed by atoms with Crippen molar-refractivity contribution in [2.75, 3.05) is 14.2 Å². The van der Waals surface area contributed by atoms with E-state index in [9.17, 15) is 9.59 Å². The molecule has 6 nitrogen and oxygen atoms in total. The molecular weight excluding hydrogens is 260 g/mol. The summed E-state index contributed by atoms with van der Waals surface area (Å²) < 4.78 is 10.5. The highest BCUT2D eigenvalue weighted by Crippen LogP contribution is 2.29. The van der Waals surface area contributed by atoms with Crippen LogP contribution in [0, 0.1) is 5.92 Å². The zero-order valence-electron chi connectivity index (χ0n) is 12.9. The SMILES string of the molecule is COC1=N[C@@](CC(C)=O)(C(C)=O)C(OC)=N[C@@H]1C(C)C. The molecule has 0 unspecified atom stereocenters. The van der Waals surface area contributed by atoms with Gasteiger partial charge in [-0.15, -0.1) is 0 Å². The van der Waals surface area contributed by atoms with E-state index in [1.165, 1.54) is 28.1 Å². The van der Waals surface area contributed by atoms with Crippen LogP contribution < -0.4 is 0 Å². The zero-order chi connectivity index (χ0) is 15.5. The molecule has 0 N–H and O–H groups in total. The van der Waals surface area contributed by atoms with Crippen LogP contribution in [-0.2, 0) is 19.1 Å². The quantitative estimate of drug-likeness (QED) is 0.781. The molecule has 0 saturated carbocycles. The maximum Gasteiger partial charge on any atom is 0.221 e. The number of Topliss-reactive ketones (excluding diaryl/α,β-unsaturated/α-hetero) is 2. The van der Waals surface area contributed by atoms with Gasteiger partial charge in [0, 0.05) is 6.42 Å². The summed E-state index contributed by atoms with van der Waals surface area (Å²) in [7, 11) is 2.92. The first-order valence-corrected chi connectivity index (χ1v) is 6.55. The van der Waals surface area contributed by atoms with E-state index < -0.39 is 5.54 Å². The molecule has 0 fully saturated rings. The molecule has 0 saturated heterocycles. The van der Waals surface area contributed by atoms with Crippen LogP contribution >= 0.6 is 0 Å². The molecule has 1 aliphatic rings. The third-order valence-corrected chi connectivity index (χ3v) is 3.29. The fraction of sp³-hybridized carbons (Fsp3) is 0.714. The average Bonchev–Trinajstić information content (AvgIpc) is 2.36. The number of carbonyl (C=O) groups is 2. The Bertz CT molecular complexity index is 468. The Morgan fingerprint density at radius 2 is 1.85 bits per heavy atom. The molecule has 0 spiro atoms. The first-order chi connectivity index (χ1) is 9.28. The molecular formula is C14H22N2O4. The molecule has 0 aliphatic carbocycles. The molecule has 0 radical (unpaired) electrons. The smallest absolute Gasteiger partial charge is 0.221 e. The van der Waals surface area contributed by atoms with Crippen molar-refractivity contribution in [2.45, 2.75) is 45.7 Å². The lowest BCUT2D eigenvalue weighted by Gasteiger charge is -2.33. The van der Waals surface area contributed by atoms with E-state index >= 15 is 0 Å². The van der Waals surface area contributed by atoms with Gasteiger partial charge in [0.05, 0.1) is 14.2 Å². The largest absolute Gasteiger partial charge is 0.483 e. The maximum absolute atomic E-state index is 12.1. The summed E-state index contributed by atoms with van der Waals surface area (Å²) in [6.45, 7) is 6.74. The van der Waals surface area contributed by atoms with Crippen LogP contribution in [0.3, 0.4) is 0 Å².